The number of hydrogen-bond donors (Lipinski definition) is 1. The van der Waals surface area contributed by atoms with Gasteiger partial charge in [0.25, 0.3) is 5.91 Å². The molecule has 0 bridgehead atoms. The van der Waals surface area contributed by atoms with E-state index in [1.165, 1.54) is 44.4 Å². The Balaban J connectivity index is 2.05. The zero-order chi connectivity index (χ0) is 21.1. The number of nitrogens with one attached hydrogen (secondary N) is 1. The Morgan fingerprint density at radius 2 is 1.86 bits per heavy atom. The highest BCUT2D eigenvalue weighted by Crippen LogP contribution is 2.26. The van der Waals surface area contributed by atoms with Gasteiger partial charge in [0.2, 0.25) is 10.0 Å². The molecule has 0 aliphatic rings. The Labute approximate surface area is 167 Å². The van der Waals surface area contributed by atoms with Crippen LogP contribution in [-0.2, 0) is 19.6 Å². The summed E-state index contributed by atoms with van der Waals surface area (Å²) in [5.41, 5.74) is 0.509. The molecule has 150 valence electrons. The number of benzene rings is 2. The molecule has 0 spiro atoms. The third-order valence-corrected chi connectivity index (χ3v) is 6.01. The van der Waals surface area contributed by atoms with Gasteiger partial charge in [0, 0.05) is 19.8 Å². The minimum Gasteiger partial charge on any atom is -0.452 e. The van der Waals surface area contributed by atoms with Gasteiger partial charge in [-0.05, 0) is 42.8 Å². The number of ether oxygens (including phenoxy) is 1. The van der Waals surface area contributed by atoms with Gasteiger partial charge in [-0.25, -0.2) is 21.9 Å². The minimum absolute atomic E-state index is 0.000440. The fourth-order valence-electron chi connectivity index (χ4n) is 2.11. The summed E-state index contributed by atoms with van der Waals surface area (Å²) in [5.74, 6) is -2.12. The molecule has 0 fully saturated rings. The van der Waals surface area contributed by atoms with Crippen LogP contribution in [0, 0.1) is 12.7 Å². The molecule has 10 heteroatoms. The van der Waals surface area contributed by atoms with Gasteiger partial charge < -0.3 is 10.1 Å². The van der Waals surface area contributed by atoms with Gasteiger partial charge >= 0.3 is 5.97 Å². The first-order valence-electron chi connectivity index (χ1n) is 7.97. The van der Waals surface area contributed by atoms with E-state index in [-0.39, 0.29) is 21.2 Å². The van der Waals surface area contributed by atoms with Crippen LogP contribution < -0.4 is 5.32 Å². The van der Waals surface area contributed by atoms with Crippen LogP contribution >= 0.6 is 11.6 Å². The molecule has 28 heavy (non-hydrogen) atoms. The Bertz CT molecular complexity index is 1020. The molecule has 2 rings (SSSR count). The van der Waals surface area contributed by atoms with Crippen molar-refractivity contribution in [3.8, 4) is 0 Å². The van der Waals surface area contributed by atoms with Crippen LogP contribution in [0.2, 0.25) is 5.02 Å². The molecule has 1 amide bonds. The summed E-state index contributed by atoms with van der Waals surface area (Å²) in [6.45, 7) is 0.918. The van der Waals surface area contributed by atoms with Crippen molar-refractivity contribution in [2.45, 2.75) is 11.8 Å². The van der Waals surface area contributed by atoms with Gasteiger partial charge in [0.1, 0.15) is 10.7 Å². The van der Waals surface area contributed by atoms with Crippen molar-refractivity contribution in [3.05, 3.63) is 58.4 Å². The standard InChI is InChI=1S/C18H18ClFN2O5S/c1-11-4-5-12(8-15(11)20)18(24)27-10-17(23)21-13-6-7-14(19)16(9-13)28(25,26)22(2)3/h4-9H,10H2,1-3H3,(H,21,23). The van der Waals surface area contributed by atoms with E-state index in [1.807, 2.05) is 0 Å². The fourth-order valence-corrected chi connectivity index (χ4v) is 3.50. The Morgan fingerprint density at radius 1 is 1.18 bits per heavy atom. The zero-order valence-corrected chi connectivity index (χ0v) is 16.9. The van der Waals surface area contributed by atoms with E-state index in [4.69, 9.17) is 16.3 Å². The highest BCUT2D eigenvalue weighted by molar-refractivity contribution is 7.89. The molecule has 0 heterocycles. The third-order valence-electron chi connectivity index (χ3n) is 3.72. The summed E-state index contributed by atoms with van der Waals surface area (Å²) >= 11 is 5.94. The molecule has 0 aliphatic heterocycles. The van der Waals surface area contributed by atoms with Crippen molar-refractivity contribution in [1.29, 1.82) is 0 Å². The Kier molecular flexibility index (Phi) is 6.76. The van der Waals surface area contributed by atoms with E-state index in [9.17, 15) is 22.4 Å². The molecule has 0 saturated carbocycles. The van der Waals surface area contributed by atoms with Crippen LogP contribution in [-0.4, -0.2) is 45.3 Å². The van der Waals surface area contributed by atoms with Crippen molar-refractivity contribution < 1.29 is 27.1 Å². The van der Waals surface area contributed by atoms with Crippen LogP contribution in [0.1, 0.15) is 15.9 Å². The molecule has 1 N–H and O–H groups in total. The quantitative estimate of drug-likeness (QED) is 0.714. The first-order valence-corrected chi connectivity index (χ1v) is 9.79. The second kappa shape index (κ2) is 8.68. The minimum atomic E-state index is -3.81. The topological polar surface area (TPSA) is 92.8 Å². The predicted molar refractivity (Wildman–Crippen MR) is 102 cm³/mol. The number of hydrogen-bond acceptors (Lipinski definition) is 5. The van der Waals surface area contributed by atoms with Gasteiger partial charge in [0.05, 0.1) is 10.6 Å². The lowest BCUT2D eigenvalue weighted by Crippen LogP contribution is -2.23. The molecule has 2 aromatic rings. The zero-order valence-electron chi connectivity index (χ0n) is 15.3. The van der Waals surface area contributed by atoms with Crippen molar-refractivity contribution in [2.75, 3.05) is 26.0 Å². The van der Waals surface area contributed by atoms with Crippen LogP contribution in [0.3, 0.4) is 0 Å². The first kappa shape index (κ1) is 21.8. The summed E-state index contributed by atoms with van der Waals surface area (Å²) in [6, 6.07) is 7.77. The molecule has 0 unspecified atom stereocenters. The number of nitrogens with zero attached hydrogens (tertiary/aromatic N) is 1. The SMILES string of the molecule is Cc1ccc(C(=O)OCC(=O)Nc2ccc(Cl)c(S(=O)(=O)N(C)C)c2)cc1F. The van der Waals surface area contributed by atoms with Gasteiger partial charge in [-0.1, -0.05) is 17.7 Å². The number of amides is 1. The largest absolute Gasteiger partial charge is 0.452 e. The second-order valence-corrected chi connectivity index (χ2v) is 8.55. The average Bonchev–Trinajstić information content (AvgIpc) is 2.63. The maximum absolute atomic E-state index is 13.5. The van der Waals surface area contributed by atoms with E-state index in [0.717, 1.165) is 10.4 Å². The van der Waals surface area contributed by atoms with Gasteiger partial charge in [-0.15, -0.1) is 0 Å². The van der Waals surface area contributed by atoms with Crippen molar-refractivity contribution in [1.82, 2.24) is 4.31 Å². The Morgan fingerprint density at radius 3 is 2.46 bits per heavy atom. The van der Waals surface area contributed by atoms with Crippen LogP contribution in [0.25, 0.3) is 0 Å². The van der Waals surface area contributed by atoms with Gasteiger partial charge in [-0.3, -0.25) is 4.79 Å². The number of halogens is 2. The summed E-state index contributed by atoms with van der Waals surface area (Å²) < 4.78 is 43.8. The smallest absolute Gasteiger partial charge is 0.338 e. The van der Waals surface area contributed by atoms with Gasteiger partial charge in [0.15, 0.2) is 6.61 Å². The highest BCUT2D eigenvalue weighted by atomic mass is 35.5. The molecule has 0 saturated heterocycles. The van der Waals surface area contributed by atoms with E-state index in [1.54, 1.807) is 6.92 Å². The maximum atomic E-state index is 13.5. The summed E-state index contributed by atoms with van der Waals surface area (Å²) in [7, 11) is -1.10. The molecule has 0 aromatic heterocycles. The van der Waals surface area contributed by atoms with Crippen molar-refractivity contribution >= 4 is 39.2 Å². The monoisotopic (exact) mass is 428 g/mol. The summed E-state index contributed by atoms with van der Waals surface area (Å²) in [4.78, 5) is 23.7. The van der Waals surface area contributed by atoms with E-state index >= 15 is 0 Å². The molecule has 7 nitrogen and oxygen atoms in total. The molecular weight excluding hydrogens is 411 g/mol. The van der Waals surface area contributed by atoms with E-state index in [2.05, 4.69) is 5.32 Å². The molecule has 0 aliphatic carbocycles. The molecule has 0 atom stereocenters. The van der Waals surface area contributed by atoms with Crippen molar-refractivity contribution in [2.24, 2.45) is 0 Å². The number of esters is 1. The lowest BCUT2D eigenvalue weighted by atomic mass is 10.1. The molecular formula is C18H18ClFN2O5S. The molecule has 0 radical (unpaired) electrons. The molecule has 2 aromatic carbocycles. The lowest BCUT2D eigenvalue weighted by molar-refractivity contribution is -0.119. The summed E-state index contributed by atoms with van der Waals surface area (Å²) in [5, 5.41) is 2.42. The Hall–Kier alpha value is -2.49. The third kappa shape index (κ3) is 5.06. The predicted octanol–water partition coefficient (Wildman–Crippen LogP) is 2.83. The maximum Gasteiger partial charge on any atom is 0.338 e. The number of carbonyl (C=O) groups is 2. The highest BCUT2D eigenvalue weighted by Gasteiger charge is 2.21. The van der Waals surface area contributed by atoms with Crippen molar-refractivity contribution in [3.63, 3.8) is 0 Å². The van der Waals surface area contributed by atoms with E-state index < -0.39 is 34.3 Å². The number of sulfonamides is 1. The number of aryl methyl sites for hydroxylation is 1. The van der Waals surface area contributed by atoms with Crippen LogP contribution in [0.5, 0.6) is 0 Å². The fraction of sp³-hybridized carbons (Fsp3) is 0.222. The first-order chi connectivity index (χ1) is 13.0. The van der Waals surface area contributed by atoms with E-state index in [0.29, 0.717) is 5.56 Å². The second-order valence-electron chi connectivity index (χ2n) is 6.02. The lowest BCUT2D eigenvalue weighted by Gasteiger charge is -2.14. The number of carbonyl (C=O) groups excluding carboxylic acids is 2. The summed E-state index contributed by atoms with van der Waals surface area (Å²) in [6.07, 6.45) is 0. The van der Waals surface area contributed by atoms with Gasteiger partial charge in [-0.2, -0.15) is 0 Å². The van der Waals surface area contributed by atoms with Crippen LogP contribution in [0.15, 0.2) is 41.3 Å². The number of anilines is 1. The average molecular weight is 429 g/mol. The normalized spacial score (nSPS) is 11.4. The number of rotatable bonds is 6. The van der Waals surface area contributed by atoms with Crippen LogP contribution in [0.4, 0.5) is 10.1 Å².